The molecule has 2 aromatic heterocycles. The number of alkyl halides is 3. The van der Waals surface area contributed by atoms with Crippen LogP contribution in [0.15, 0.2) is 48.7 Å². The van der Waals surface area contributed by atoms with Crippen LogP contribution in [-0.2, 0) is 22.8 Å². The van der Waals surface area contributed by atoms with Crippen LogP contribution in [0.5, 0.6) is 0 Å². The van der Waals surface area contributed by atoms with Crippen LogP contribution in [0, 0.1) is 5.41 Å². The van der Waals surface area contributed by atoms with Gasteiger partial charge in [0.25, 0.3) is 5.91 Å². The lowest BCUT2D eigenvalue weighted by molar-refractivity contribution is -0.137. The van der Waals surface area contributed by atoms with Crippen molar-refractivity contribution in [1.29, 1.82) is 0 Å². The van der Waals surface area contributed by atoms with Gasteiger partial charge in [-0.05, 0) is 54.5 Å². The standard InChI is InChI=1S/C30H37F3N4O2/c1-28(2,3)16-17-34-26(38)18-23-19-37-24(8-7-9-25(37)36-23)27(39)35-20-29(14-5-4-6-15-29)21-10-12-22(13-11-21)30(31,32)33/h7-13,19H,4-6,14-18,20H2,1-3H3,(H,34,38)(H,35,39). The molecular weight excluding hydrogens is 505 g/mol. The molecule has 4 rings (SSSR count). The molecule has 39 heavy (non-hydrogen) atoms. The second-order valence-electron chi connectivity index (χ2n) is 11.8. The fourth-order valence-corrected chi connectivity index (χ4v) is 5.28. The zero-order valence-electron chi connectivity index (χ0n) is 22.8. The topological polar surface area (TPSA) is 75.5 Å². The van der Waals surface area contributed by atoms with E-state index >= 15 is 0 Å². The van der Waals surface area contributed by atoms with Gasteiger partial charge in [-0.1, -0.05) is 58.2 Å². The SMILES string of the molecule is CC(C)(C)CCNC(=O)Cc1cn2c(C(=O)NCC3(c4ccc(C(F)(F)F)cc4)CCCCC3)cccc2n1. The van der Waals surface area contributed by atoms with E-state index in [9.17, 15) is 22.8 Å². The fourth-order valence-electron chi connectivity index (χ4n) is 5.28. The Morgan fingerprint density at radius 2 is 1.67 bits per heavy atom. The molecule has 1 aliphatic rings. The van der Waals surface area contributed by atoms with Gasteiger partial charge in [0.1, 0.15) is 11.3 Å². The highest BCUT2D eigenvalue weighted by molar-refractivity contribution is 5.93. The molecule has 9 heteroatoms. The van der Waals surface area contributed by atoms with E-state index in [1.807, 2.05) is 0 Å². The smallest absolute Gasteiger partial charge is 0.356 e. The maximum absolute atomic E-state index is 13.3. The van der Waals surface area contributed by atoms with Crippen LogP contribution < -0.4 is 10.6 Å². The Kier molecular flexibility index (Phi) is 8.37. The third-order valence-electron chi connectivity index (χ3n) is 7.54. The van der Waals surface area contributed by atoms with Crippen molar-refractivity contribution in [2.24, 2.45) is 5.41 Å². The Hall–Kier alpha value is -3.36. The Morgan fingerprint density at radius 1 is 0.974 bits per heavy atom. The lowest BCUT2D eigenvalue weighted by Gasteiger charge is -2.38. The van der Waals surface area contributed by atoms with E-state index in [0.29, 0.717) is 30.1 Å². The molecule has 0 atom stereocenters. The van der Waals surface area contributed by atoms with Crippen molar-refractivity contribution in [3.8, 4) is 0 Å². The van der Waals surface area contributed by atoms with E-state index < -0.39 is 17.2 Å². The molecule has 0 radical (unpaired) electrons. The van der Waals surface area contributed by atoms with Crippen LogP contribution >= 0.6 is 0 Å². The van der Waals surface area contributed by atoms with Crippen molar-refractivity contribution in [1.82, 2.24) is 20.0 Å². The number of halogens is 3. The summed E-state index contributed by atoms with van der Waals surface area (Å²) in [6.45, 7) is 7.27. The Labute approximate surface area is 227 Å². The van der Waals surface area contributed by atoms with Crippen molar-refractivity contribution in [2.45, 2.75) is 77.3 Å². The molecule has 1 fully saturated rings. The van der Waals surface area contributed by atoms with E-state index in [2.05, 4.69) is 36.4 Å². The molecule has 0 saturated heterocycles. The largest absolute Gasteiger partial charge is 0.416 e. The first-order valence-corrected chi connectivity index (χ1v) is 13.6. The minimum absolute atomic E-state index is 0.115. The van der Waals surface area contributed by atoms with E-state index in [0.717, 1.165) is 56.2 Å². The first-order chi connectivity index (χ1) is 18.4. The summed E-state index contributed by atoms with van der Waals surface area (Å²) >= 11 is 0. The summed E-state index contributed by atoms with van der Waals surface area (Å²) in [7, 11) is 0. The second-order valence-corrected chi connectivity index (χ2v) is 11.8. The summed E-state index contributed by atoms with van der Waals surface area (Å²) in [6.07, 6.45) is 2.86. The predicted octanol–water partition coefficient (Wildman–Crippen LogP) is 6.08. The highest BCUT2D eigenvalue weighted by Gasteiger charge is 2.36. The van der Waals surface area contributed by atoms with Gasteiger partial charge < -0.3 is 10.6 Å². The molecule has 2 N–H and O–H groups in total. The van der Waals surface area contributed by atoms with Gasteiger partial charge in [-0.3, -0.25) is 14.0 Å². The minimum atomic E-state index is -4.39. The number of aromatic nitrogens is 2. The zero-order chi connectivity index (χ0) is 28.3. The Morgan fingerprint density at radius 3 is 2.31 bits per heavy atom. The average Bonchev–Trinajstić information content (AvgIpc) is 3.29. The maximum atomic E-state index is 13.3. The van der Waals surface area contributed by atoms with Gasteiger partial charge in [0, 0.05) is 24.7 Å². The van der Waals surface area contributed by atoms with E-state index in [4.69, 9.17) is 0 Å². The number of carbonyl (C=O) groups is 2. The van der Waals surface area contributed by atoms with Gasteiger partial charge in [-0.2, -0.15) is 13.2 Å². The number of hydrogen-bond donors (Lipinski definition) is 2. The zero-order valence-corrected chi connectivity index (χ0v) is 22.8. The van der Waals surface area contributed by atoms with Crippen LogP contribution in [-0.4, -0.2) is 34.3 Å². The molecule has 210 valence electrons. The number of rotatable bonds is 8. The number of pyridine rings is 1. The number of nitrogens with zero attached hydrogens (tertiary/aromatic N) is 2. The molecule has 0 unspecified atom stereocenters. The molecule has 0 aliphatic heterocycles. The Bertz CT molecular complexity index is 1300. The molecule has 0 bridgehead atoms. The van der Waals surface area contributed by atoms with Crippen LogP contribution in [0.25, 0.3) is 5.65 Å². The van der Waals surface area contributed by atoms with Gasteiger partial charge in [0.05, 0.1) is 17.7 Å². The van der Waals surface area contributed by atoms with Crippen molar-refractivity contribution >= 4 is 17.5 Å². The first kappa shape index (κ1) is 28.6. The van der Waals surface area contributed by atoms with Gasteiger partial charge in [-0.15, -0.1) is 0 Å². The summed E-state index contributed by atoms with van der Waals surface area (Å²) in [6, 6.07) is 10.6. The highest BCUT2D eigenvalue weighted by atomic mass is 19.4. The average molecular weight is 543 g/mol. The summed E-state index contributed by atoms with van der Waals surface area (Å²) in [5, 5.41) is 5.98. The lowest BCUT2D eigenvalue weighted by Crippen LogP contribution is -2.42. The van der Waals surface area contributed by atoms with Crippen molar-refractivity contribution in [3.63, 3.8) is 0 Å². The van der Waals surface area contributed by atoms with Crippen LogP contribution in [0.1, 0.15) is 86.6 Å². The Balaban J connectivity index is 1.47. The van der Waals surface area contributed by atoms with Crippen LogP contribution in [0.4, 0.5) is 13.2 Å². The van der Waals surface area contributed by atoms with Gasteiger partial charge in [0.15, 0.2) is 0 Å². The van der Waals surface area contributed by atoms with Crippen LogP contribution in [0.2, 0.25) is 0 Å². The molecule has 6 nitrogen and oxygen atoms in total. The number of benzene rings is 1. The molecule has 1 saturated carbocycles. The van der Waals surface area contributed by atoms with Crippen LogP contribution in [0.3, 0.4) is 0 Å². The van der Waals surface area contributed by atoms with E-state index in [-0.39, 0.29) is 23.7 Å². The summed E-state index contributed by atoms with van der Waals surface area (Å²) in [5.41, 5.74) is 1.37. The molecular formula is C30H37F3N4O2. The molecule has 2 amide bonds. The molecule has 1 aromatic carbocycles. The third-order valence-corrected chi connectivity index (χ3v) is 7.54. The molecule has 2 heterocycles. The summed E-state index contributed by atoms with van der Waals surface area (Å²) in [5.74, 6) is -0.416. The van der Waals surface area contributed by atoms with Gasteiger partial charge in [0.2, 0.25) is 5.91 Å². The minimum Gasteiger partial charge on any atom is -0.356 e. The lowest BCUT2D eigenvalue weighted by atomic mass is 9.69. The monoisotopic (exact) mass is 542 g/mol. The van der Waals surface area contributed by atoms with Gasteiger partial charge >= 0.3 is 6.18 Å². The number of imidazole rings is 1. The molecule has 0 spiro atoms. The molecule has 1 aliphatic carbocycles. The number of amides is 2. The number of fused-ring (bicyclic) bond motifs is 1. The number of carbonyl (C=O) groups excluding carboxylic acids is 2. The second kappa shape index (κ2) is 11.4. The van der Waals surface area contributed by atoms with Crippen molar-refractivity contribution < 1.29 is 22.8 Å². The normalized spacial score (nSPS) is 15.7. The predicted molar refractivity (Wildman–Crippen MR) is 145 cm³/mol. The molecule has 3 aromatic rings. The maximum Gasteiger partial charge on any atom is 0.416 e. The quantitative estimate of drug-likeness (QED) is 0.362. The third kappa shape index (κ3) is 7.19. The van der Waals surface area contributed by atoms with Crippen molar-refractivity contribution in [3.05, 3.63) is 71.2 Å². The fraction of sp³-hybridized carbons (Fsp3) is 0.500. The number of hydrogen-bond acceptors (Lipinski definition) is 3. The first-order valence-electron chi connectivity index (χ1n) is 13.6. The summed E-state index contributed by atoms with van der Waals surface area (Å²) < 4.78 is 41.0. The van der Waals surface area contributed by atoms with E-state index in [1.165, 1.54) is 0 Å². The summed E-state index contributed by atoms with van der Waals surface area (Å²) in [4.78, 5) is 30.3. The van der Waals surface area contributed by atoms with E-state index in [1.54, 1.807) is 40.9 Å². The highest BCUT2D eigenvalue weighted by Crippen LogP contribution is 2.40. The van der Waals surface area contributed by atoms with Crippen molar-refractivity contribution in [2.75, 3.05) is 13.1 Å². The number of nitrogens with one attached hydrogen (secondary N) is 2. The van der Waals surface area contributed by atoms with Gasteiger partial charge in [-0.25, -0.2) is 4.98 Å².